The van der Waals surface area contributed by atoms with Crippen molar-refractivity contribution < 1.29 is 0 Å². The second-order valence-electron chi connectivity index (χ2n) is 3.76. The molecule has 0 aromatic carbocycles. The van der Waals surface area contributed by atoms with E-state index in [9.17, 15) is 0 Å². The van der Waals surface area contributed by atoms with E-state index in [1.807, 2.05) is 5.38 Å². The Labute approximate surface area is 129 Å². The lowest BCUT2D eigenvalue weighted by Crippen LogP contribution is -2.09. The number of anilines is 2. The number of thiophene rings is 1. The largest absolute Gasteiger partial charge is 0.354 e. The fraction of sp³-hybridized carbons (Fsp3) is 0.364. The van der Waals surface area contributed by atoms with Gasteiger partial charge < -0.3 is 10.6 Å². The minimum Gasteiger partial charge on any atom is -0.354 e. The van der Waals surface area contributed by atoms with Crippen molar-refractivity contribution in [3.8, 4) is 0 Å². The van der Waals surface area contributed by atoms with Crippen molar-refractivity contribution in [1.29, 1.82) is 0 Å². The first-order valence-electron chi connectivity index (χ1n) is 5.79. The molecule has 2 heterocycles. The summed E-state index contributed by atoms with van der Waals surface area (Å²) in [7, 11) is 0. The van der Waals surface area contributed by atoms with Crippen molar-refractivity contribution in [2.45, 2.75) is 19.9 Å². The molecule has 0 radical (unpaired) electrons. The van der Waals surface area contributed by atoms with Crippen LogP contribution in [0, 0.1) is 0 Å². The van der Waals surface area contributed by atoms with Gasteiger partial charge in [0.2, 0.25) is 17.2 Å². The lowest BCUT2D eigenvalue weighted by molar-refractivity contribution is 0.934. The van der Waals surface area contributed by atoms with Crippen LogP contribution in [0.4, 0.5) is 11.9 Å². The van der Waals surface area contributed by atoms with Gasteiger partial charge in [-0.25, -0.2) is 0 Å². The van der Waals surface area contributed by atoms with Crippen molar-refractivity contribution in [3.05, 3.63) is 26.1 Å². The van der Waals surface area contributed by atoms with E-state index in [-0.39, 0.29) is 5.28 Å². The summed E-state index contributed by atoms with van der Waals surface area (Å²) in [4.78, 5) is 13.5. The van der Waals surface area contributed by atoms with E-state index in [4.69, 9.17) is 11.6 Å². The van der Waals surface area contributed by atoms with Crippen LogP contribution < -0.4 is 10.6 Å². The van der Waals surface area contributed by atoms with Gasteiger partial charge in [-0.3, -0.25) is 0 Å². The van der Waals surface area contributed by atoms with Crippen LogP contribution in [-0.2, 0) is 6.54 Å². The molecule has 8 heteroatoms. The zero-order valence-electron chi connectivity index (χ0n) is 10.3. The Balaban J connectivity index is 2.01. The summed E-state index contributed by atoms with van der Waals surface area (Å²) in [5.74, 6) is 0.972. The van der Waals surface area contributed by atoms with Crippen LogP contribution in [0.15, 0.2) is 15.9 Å². The van der Waals surface area contributed by atoms with E-state index in [0.29, 0.717) is 18.4 Å². The van der Waals surface area contributed by atoms with Gasteiger partial charge in [0, 0.05) is 21.3 Å². The Bertz CT molecular complexity index is 548. The topological polar surface area (TPSA) is 62.7 Å². The Kier molecular flexibility index (Phi) is 5.35. The monoisotopic (exact) mass is 361 g/mol. The maximum Gasteiger partial charge on any atom is 0.229 e. The third-order valence-corrected chi connectivity index (χ3v) is 4.05. The molecule has 0 fully saturated rings. The maximum atomic E-state index is 5.87. The Hall–Kier alpha value is -0.920. The zero-order valence-corrected chi connectivity index (χ0v) is 13.4. The average Bonchev–Trinajstić information content (AvgIpc) is 2.79. The number of halogens is 2. The van der Waals surface area contributed by atoms with E-state index in [1.54, 1.807) is 11.3 Å². The summed E-state index contributed by atoms with van der Waals surface area (Å²) >= 11 is 10.9. The minimum absolute atomic E-state index is 0.184. The summed E-state index contributed by atoms with van der Waals surface area (Å²) in [5.41, 5.74) is 0. The summed E-state index contributed by atoms with van der Waals surface area (Å²) in [6.45, 7) is 3.53. The van der Waals surface area contributed by atoms with Gasteiger partial charge in [-0.15, -0.1) is 11.3 Å². The normalized spacial score (nSPS) is 10.5. The van der Waals surface area contributed by atoms with Crippen LogP contribution in [0.5, 0.6) is 0 Å². The quantitative estimate of drug-likeness (QED) is 0.818. The molecule has 2 rings (SSSR count). The number of nitrogens with zero attached hydrogens (tertiary/aromatic N) is 3. The van der Waals surface area contributed by atoms with E-state index in [2.05, 4.69) is 54.5 Å². The highest BCUT2D eigenvalue weighted by molar-refractivity contribution is 9.10. The molecule has 0 amide bonds. The third kappa shape index (κ3) is 4.59. The third-order valence-electron chi connectivity index (χ3n) is 2.18. The first-order chi connectivity index (χ1) is 9.17. The molecule has 2 aromatic heterocycles. The van der Waals surface area contributed by atoms with Gasteiger partial charge in [0.15, 0.2) is 0 Å². The van der Waals surface area contributed by atoms with Gasteiger partial charge in [0.25, 0.3) is 0 Å². The number of nitrogens with one attached hydrogen (secondary N) is 2. The molecule has 0 aliphatic carbocycles. The molecular formula is C11H13BrClN5S. The van der Waals surface area contributed by atoms with Crippen molar-refractivity contribution in [2.24, 2.45) is 0 Å². The molecule has 0 bridgehead atoms. The second-order valence-corrected chi connectivity index (χ2v) is 6.01. The summed E-state index contributed by atoms with van der Waals surface area (Å²) in [6, 6.07) is 2.05. The molecule has 2 aromatic rings. The van der Waals surface area contributed by atoms with Crippen LogP contribution in [0.1, 0.15) is 18.2 Å². The van der Waals surface area contributed by atoms with Gasteiger partial charge in [0.05, 0.1) is 6.54 Å². The average molecular weight is 363 g/mol. The van der Waals surface area contributed by atoms with Crippen molar-refractivity contribution in [2.75, 3.05) is 17.2 Å². The van der Waals surface area contributed by atoms with Crippen molar-refractivity contribution in [3.63, 3.8) is 0 Å². The van der Waals surface area contributed by atoms with Crippen LogP contribution in [0.2, 0.25) is 5.28 Å². The smallest absolute Gasteiger partial charge is 0.229 e. The highest BCUT2D eigenvalue weighted by atomic mass is 79.9. The molecule has 0 aliphatic heterocycles. The molecule has 0 saturated heterocycles. The van der Waals surface area contributed by atoms with Gasteiger partial charge in [-0.05, 0) is 40.0 Å². The van der Waals surface area contributed by atoms with E-state index < -0.39 is 0 Å². The molecule has 102 valence electrons. The van der Waals surface area contributed by atoms with Gasteiger partial charge in [0.1, 0.15) is 0 Å². The predicted octanol–water partition coefficient (Wildman–Crippen LogP) is 3.78. The fourth-order valence-corrected chi connectivity index (χ4v) is 2.91. The van der Waals surface area contributed by atoms with Crippen molar-refractivity contribution in [1.82, 2.24) is 15.0 Å². The first kappa shape index (κ1) is 14.5. The predicted molar refractivity (Wildman–Crippen MR) is 83.0 cm³/mol. The highest BCUT2D eigenvalue weighted by Crippen LogP contribution is 2.20. The van der Waals surface area contributed by atoms with Crippen LogP contribution >= 0.6 is 38.9 Å². The van der Waals surface area contributed by atoms with Crippen LogP contribution in [0.25, 0.3) is 0 Å². The van der Waals surface area contributed by atoms with Crippen LogP contribution in [0.3, 0.4) is 0 Å². The molecule has 0 unspecified atom stereocenters. The molecule has 19 heavy (non-hydrogen) atoms. The van der Waals surface area contributed by atoms with E-state index in [1.165, 1.54) is 4.88 Å². The number of hydrogen-bond acceptors (Lipinski definition) is 6. The SMILES string of the molecule is CCCNc1nc(Cl)nc(NCc2cc(Br)cs2)n1. The number of hydrogen-bond donors (Lipinski definition) is 2. The van der Waals surface area contributed by atoms with Gasteiger partial charge >= 0.3 is 0 Å². The highest BCUT2D eigenvalue weighted by Gasteiger charge is 2.05. The van der Waals surface area contributed by atoms with E-state index in [0.717, 1.165) is 17.4 Å². The molecule has 2 N–H and O–H groups in total. The van der Waals surface area contributed by atoms with Crippen LogP contribution in [-0.4, -0.2) is 21.5 Å². The standard InChI is InChI=1S/C11H13BrClN5S/c1-2-3-14-10-16-9(13)17-11(18-10)15-5-8-4-7(12)6-19-8/h4,6H,2-3,5H2,1H3,(H2,14,15,16,17,18). The summed E-state index contributed by atoms with van der Waals surface area (Å²) < 4.78 is 1.08. The first-order valence-corrected chi connectivity index (χ1v) is 7.84. The molecule has 0 saturated carbocycles. The number of aromatic nitrogens is 3. The molecule has 0 spiro atoms. The second kappa shape index (κ2) is 7.02. The maximum absolute atomic E-state index is 5.87. The van der Waals surface area contributed by atoms with Gasteiger partial charge in [-0.1, -0.05) is 6.92 Å². The lowest BCUT2D eigenvalue weighted by atomic mass is 10.5. The Morgan fingerprint density at radius 3 is 2.63 bits per heavy atom. The summed E-state index contributed by atoms with van der Waals surface area (Å²) in [5, 5.41) is 8.44. The number of rotatable bonds is 6. The van der Waals surface area contributed by atoms with E-state index >= 15 is 0 Å². The summed E-state index contributed by atoms with van der Waals surface area (Å²) in [6.07, 6.45) is 0.995. The fourth-order valence-electron chi connectivity index (χ4n) is 1.36. The molecular weight excluding hydrogens is 350 g/mol. The zero-order chi connectivity index (χ0) is 13.7. The Morgan fingerprint density at radius 1 is 1.26 bits per heavy atom. The lowest BCUT2D eigenvalue weighted by Gasteiger charge is -2.06. The minimum atomic E-state index is 0.184. The molecule has 0 aliphatic rings. The Morgan fingerprint density at radius 2 is 2.00 bits per heavy atom. The van der Waals surface area contributed by atoms with Gasteiger partial charge in [-0.2, -0.15) is 15.0 Å². The van der Waals surface area contributed by atoms with Crippen molar-refractivity contribution >= 4 is 50.8 Å². The molecule has 5 nitrogen and oxygen atoms in total. The molecule has 0 atom stereocenters.